The van der Waals surface area contributed by atoms with Crippen molar-refractivity contribution < 1.29 is 9.47 Å². The summed E-state index contributed by atoms with van der Waals surface area (Å²) in [5.74, 6) is 1.65. The molecule has 156 valence electrons. The Morgan fingerprint density at radius 1 is 1.00 bits per heavy atom. The molecule has 0 radical (unpaired) electrons. The first-order valence-corrected chi connectivity index (χ1v) is 10.2. The van der Waals surface area contributed by atoms with Crippen molar-refractivity contribution in [1.29, 1.82) is 0 Å². The van der Waals surface area contributed by atoms with E-state index in [1.54, 1.807) is 13.1 Å². The maximum atomic E-state index is 5.73. The van der Waals surface area contributed by atoms with Gasteiger partial charge in [-0.25, -0.2) is 0 Å². The van der Waals surface area contributed by atoms with E-state index < -0.39 is 0 Å². The average molecular weight is 396 g/mol. The first kappa shape index (κ1) is 22.5. The van der Waals surface area contributed by atoms with Crippen LogP contribution < -0.4 is 15.4 Å². The SMILES string of the molecule is C=CCOc1ccccc1CNC(=NC)NCCCCOCCc1ccccc1. The number of ether oxygens (including phenoxy) is 2. The zero-order valence-electron chi connectivity index (χ0n) is 17.4. The molecule has 5 heteroatoms. The van der Waals surface area contributed by atoms with Crippen LogP contribution >= 0.6 is 0 Å². The Hall–Kier alpha value is -2.79. The summed E-state index contributed by atoms with van der Waals surface area (Å²) in [6, 6.07) is 18.4. The number of nitrogens with one attached hydrogen (secondary N) is 2. The van der Waals surface area contributed by atoms with Gasteiger partial charge in [0.25, 0.3) is 0 Å². The molecule has 0 spiro atoms. The van der Waals surface area contributed by atoms with Gasteiger partial charge >= 0.3 is 0 Å². The third-order valence-corrected chi connectivity index (χ3v) is 4.38. The average Bonchev–Trinajstić information content (AvgIpc) is 2.77. The molecule has 0 aliphatic rings. The van der Waals surface area contributed by atoms with Crippen molar-refractivity contribution in [2.45, 2.75) is 25.8 Å². The number of unbranched alkanes of at least 4 members (excludes halogenated alkanes) is 1. The van der Waals surface area contributed by atoms with Crippen LogP contribution in [0.4, 0.5) is 0 Å². The molecule has 2 aromatic carbocycles. The molecule has 0 atom stereocenters. The van der Waals surface area contributed by atoms with Crippen LogP contribution in [-0.2, 0) is 17.7 Å². The van der Waals surface area contributed by atoms with E-state index in [9.17, 15) is 0 Å². The fourth-order valence-corrected chi connectivity index (χ4v) is 2.81. The van der Waals surface area contributed by atoms with Gasteiger partial charge < -0.3 is 20.1 Å². The molecule has 0 unspecified atom stereocenters. The van der Waals surface area contributed by atoms with Crippen LogP contribution in [0.2, 0.25) is 0 Å². The molecular formula is C24H33N3O2. The predicted molar refractivity (Wildman–Crippen MR) is 121 cm³/mol. The van der Waals surface area contributed by atoms with Gasteiger partial charge in [-0.05, 0) is 30.9 Å². The summed E-state index contributed by atoms with van der Waals surface area (Å²) in [6.07, 6.45) is 4.77. The molecule has 0 saturated carbocycles. The number of aliphatic imine (C=N–C) groups is 1. The van der Waals surface area contributed by atoms with Gasteiger partial charge in [-0.3, -0.25) is 4.99 Å². The largest absolute Gasteiger partial charge is 0.489 e. The van der Waals surface area contributed by atoms with Crippen molar-refractivity contribution in [2.24, 2.45) is 4.99 Å². The third kappa shape index (κ3) is 9.30. The van der Waals surface area contributed by atoms with Crippen LogP contribution in [-0.4, -0.2) is 39.4 Å². The van der Waals surface area contributed by atoms with Gasteiger partial charge in [0, 0.05) is 32.3 Å². The normalized spacial score (nSPS) is 11.1. The highest BCUT2D eigenvalue weighted by Gasteiger charge is 2.04. The summed E-state index contributed by atoms with van der Waals surface area (Å²) >= 11 is 0. The summed E-state index contributed by atoms with van der Waals surface area (Å²) in [4.78, 5) is 4.28. The molecule has 2 N–H and O–H groups in total. The molecular weight excluding hydrogens is 362 g/mol. The van der Waals surface area contributed by atoms with Crippen LogP contribution in [0.15, 0.2) is 72.2 Å². The van der Waals surface area contributed by atoms with E-state index in [1.165, 1.54) is 5.56 Å². The lowest BCUT2D eigenvalue weighted by atomic mass is 10.2. The van der Waals surface area contributed by atoms with Crippen molar-refractivity contribution in [2.75, 3.05) is 33.4 Å². The van der Waals surface area contributed by atoms with Crippen molar-refractivity contribution in [3.63, 3.8) is 0 Å². The van der Waals surface area contributed by atoms with E-state index in [0.29, 0.717) is 13.2 Å². The second-order valence-electron chi connectivity index (χ2n) is 6.62. The molecule has 2 aromatic rings. The second kappa shape index (κ2) is 14.2. The molecule has 0 heterocycles. The van der Waals surface area contributed by atoms with E-state index in [-0.39, 0.29) is 0 Å². The van der Waals surface area contributed by atoms with Gasteiger partial charge in [0.05, 0.1) is 6.61 Å². The van der Waals surface area contributed by atoms with E-state index in [4.69, 9.17) is 9.47 Å². The minimum atomic E-state index is 0.497. The Kier molecular flexibility index (Phi) is 11.0. The number of nitrogens with zero attached hydrogens (tertiary/aromatic N) is 1. The van der Waals surface area contributed by atoms with Gasteiger partial charge in [0.2, 0.25) is 0 Å². The van der Waals surface area contributed by atoms with Gasteiger partial charge in [-0.15, -0.1) is 0 Å². The first-order chi connectivity index (χ1) is 14.3. The lowest BCUT2D eigenvalue weighted by Crippen LogP contribution is -2.37. The molecule has 2 rings (SSSR count). The number of rotatable bonds is 13. The van der Waals surface area contributed by atoms with E-state index in [2.05, 4.69) is 46.5 Å². The number of guanidine groups is 1. The molecule has 0 aliphatic carbocycles. The van der Waals surface area contributed by atoms with Crippen molar-refractivity contribution in [1.82, 2.24) is 10.6 Å². The minimum Gasteiger partial charge on any atom is -0.489 e. The van der Waals surface area contributed by atoms with Crippen LogP contribution in [0.25, 0.3) is 0 Å². The minimum absolute atomic E-state index is 0.497. The topological polar surface area (TPSA) is 54.9 Å². The van der Waals surface area contributed by atoms with Gasteiger partial charge in [-0.1, -0.05) is 61.2 Å². The zero-order chi connectivity index (χ0) is 20.6. The first-order valence-electron chi connectivity index (χ1n) is 10.2. The van der Waals surface area contributed by atoms with Crippen LogP contribution in [0, 0.1) is 0 Å². The zero-order valence-corrected chi connectivity index (χ0v) is 17.4. The third-order valence-electron chi connectivity index (χ3n) is 4.38. The Bertz CT molecular complexity index is 732. The lowest BCUT2D eigenvalue weighted by Gasteiger charge is -2.14. The lowest BCUT2D eigenvalue weighted by molar-refractivity contribution is 0.133. The maximum absolute atomic E-state index is 5.73. The van der Waals surface area contributed by atoms with E-state index in [1.807, 2.05) is 30.3 Å². The number of para-hydroxylation sites is 1. The maximum Gasteiger partial charge on any atom is 0.191 e. The Morgan fingerprint density at radius 2 is 1.79 bits per heavy atom. The predicted octanol–water partition coefficient (Wildman–Crippen LogP) is 3.96. The van der Waals surface area contributed by atoms with Crippen molar-refractivity contribution in [3.05, 3.63) is 78.4 Å². The van der Waals surface area contributed by atoms with Crippen LogP contribution in [0.3, 0.4) is 0 Å². The van der Waals surface area contributed by atoms with E-state index in [0.717, 1.165) is 56.3 Å². The highest BCUT2D eigenvalue weighted by Crippen LogP contribution is 2.17. The van der Waals surface area contributed by atoms with Gasteiger partial charge in [0.1, 0.15) is 12.4 Å². The Morgan fingerprint density at radius 3 is 2.59 bits per heavy atom. The molecule has 0 amide bonds. The summed E-state index contributed by atoms with van der Waals surface area (Å²) in [5.41, 5.74) is 2.41. The summed E-state index contributed by atoms with van der Waals surface area (Å²) < 4.78 is 11.4. The standard InChI is InChI=1S/C24H33N3O2/c1-3-17-29-23-14-8-7-13-22(23)20-27-24(25-2)26-16-9-10-18-28-19-15-21-11-5-4-6-12-21/h3-8,11-14H,1,9-10,15-20H2,2H3,(H2,25,26,27). The fourth-order valence-electron chi connectivity index (χ4n) is 2.81. The monoisotopic (exact) mass is 395 g/mol. The number of hydrogen-bond donors (Lipinski definition) is 2. The molecule has 0 aromatic heterocycles. The Labute approximate surface area is 174 Å². The second-order valence-corrected chi connectivity index (χ2v) is 6.62. The van der Waals surface area contributed by atoms with Crippen LogP contribution in [0.1, 0.15) is 24.0 Å². The van der Waals surface area contributed by atoms with Gasteiger partial charge in [0.15, 0.2) is 5.96 Å². The summed E-state index contributed by atoms with van der Waals surface area (Å²) in [5, 5.41) is 6.68. The molecule has 0 saturated heterocycles. The number of hydrogen-bond acceptors (Lipinski definition) is 3. The fraction of sp³-hybridized carbons (Fsp3) is 0.375. The summed E-state index contributed by atoms with van der Waals surface area (Å²) in [6.45, 7) is 7.25. The molecule has 0 bridgehead atoms. The quantitative estimate of drug-likeness (QED) is 0.233. The Balaban J connectivity index is 1.57. The summed E-state index contributed by atoms with van der Waals surface area (Å²) in [7, 11) is 1.78. The number of benzene rings is 2. The molecule has 5 nitrogen and oxygen atoms in total. The van der Waals surface area contributed by atoms with Gasteiger partial charge in [-0.2, -0.15) is 0 Å². The van der Waals surface area contributed by atoms with Crippen LogP contribution in [0.5, 0.6) is 5.75 Å². The highest BCUT2D eigenvalue weighted by atomic mass is 16.5. The van der Waals surface area contributed by atoms with Crippen molar-refractivity contribution in [3.8, 4) is 5.75 Å². The molecule has 29 heavy (non-hydrogen) atoms. The van der Waals surface area contributed by atoms with Crippen molar-refractivity contribution >= 4 is 5.96 Å². The smallest absolute Gasteiger partial charge is 0.191 e. The molecule has 0 aliphatic heterocycles. The highest BCUT2D eigenvalue weighted by molar-refractivity contribution is 5.79. The van der Waals surface area contributed by atoms with E-state index >= 15 is 0 Å². The molecule has 0 fully saturated rings.